The zero-order chi connectivity index (χ0) is 40.1. The molecular weight excluding hydrogens is 764 g/mol. The molecule has 0 unspecified atom stereocenters. The monoisotopic (exact) mass is 796 g/mol. The number of guanidine groups is 1. The number of nitrogens with zero attached hydrogens (tertiary/aromatic N) is 5. The molecule has 0 spiro atoms. The minimum atomic E-state index is -4.84. The minimum Gasteiger partial charge on any atom is -0.463 e. The van der Waals surface area contributed by atoms with Crippen molar-refractivity contribution < 1.29 is 49.4 Å². The highest BCUT2D eigenvalue weighted by Gasteiger charge is 2.59. The molecule has 0 bridgehead atoms. The van der Waals surface area contributed by atoms with Crippen LogP contribution >= 0.6 is 11.6 Å². The number of aliphatic imine (C=N–C) groups is 1. The molecule has 0 saturated heterocycles. The van der Waals surface area contributed by atoms with Crippen LogP contribution < -0.4 is 5.73 Å². The number of ether oxygens (including phenoxy) is 1. The third-order valence-corrected chi connectivity index (χ3v) is 10.4. The van der Waals surface area contributed by atoms with Gasteiger partial charge in [-0.15, -0.1) is 0 Å². The second kappa shape index (κ2) is 14.5. The maximum atomic E-state index is 14.9. The Morgan fingerprint density at radius 3 is 2.29 bits per heavy atom. The molecular formula is C37H33ClF8N6O3. The van der Waals surface area contributed by atoms with Gasteiger partial charge in [0.15, 0.2) is 17.3 Å². The fourth-order valence-corrected chi connectivity index (χ4v) is 6.83. The van der Waals surface area contributed by atoms with Crippen molar-refractivity contribution in [3.05, 3.63) is 95.0 Å². The fraction of sp³-hybridized carbons (Fsp3) is 0.378. The molecule has 1 fully saturated rings. The molecule has 1 aliphatic carbocycles. The first kappa shape index (κ1) is 39.6. The molecule has 1 aromatic heterocycles. The molecule has 3 aromatic carbocycles. The van der Waals surface area contributed by atoms with Gasteiger partial charge in [0.25, 0.3) is 5.91 Å². The highest BCUT2D eigenvalue weighted by molar-refractivity contribution is 6.33. The second-order valence-corrected chi connectivity index (χ2v) is 14.6. The molecule has 6 rings (SSSR count). The first-order valence-electron chi connectivity index (χ1n) is 16.8. The summed E-state index contributed by atoms with van der Waals surface area (Å²) in [7, 11) is 0. The summed E-state index contributed by atoms with van der Waals surface area (Å²) in [5.74, 6) is -3.62. The van der Waals surface area contributed by atoms with Gasteiger partial charge in [0.2, 0.25) is 6.43 Å². The van der Waals surface area contributed by atoms with Crippen molar-refractivity contribution in [3.63, 3.8) is 0 Å². The Kier molecular flexibility index (Phi) is 10.5. The average Bonchev–Trinajstić information content (AvgIpc) is 3.65. The molecule has 1 amide bonds. The van der Waals surface area contributed by atoms with Crippen LogP contribution in [-0.4, -0.2) is 56.7 Å². The van der Waals surface area contributed by atoms with Crippen molar-refractivity contribution in [1.29, 1.82) is 0 Å². The lowest BCUT2D eigenvalue weighted by Crippen LogP contribution is -2.49. The van der Waals surface area contributed by atoms with E-state index in [2.05, 4.69) is 15.1 Å². The lowest BCUT2D eigenvalue weighted by Gasteiger charge is -2.37. The van der Waals surface area contributed by atoms with E-state index in [4.69, 9.17) is 22.1 Å². The lowest BCUT2D eigenvalue weighted by molar-refractivity contribution is -0.218. The first-order valence-corrected chi connectivity index (χ1v) is 17.2. The molecule has 55 heavy (non-hydrogen) atoms. The van der Waals surface area contributed by atoms with Crippen LogP contribution in [0.5, 0.6) is 0 Å². The Labute approximate surface area is 314 Å². The minimum absolute atomic E-state index is 0.00869. The number of aromatic nitrogens is 3. The van der Waals surface area contributed by atoms with Crippen LogP contribution in [0.1, 0.15) is 63.2 Å². The molecule has 4 aromatic rings. The van der Waals surface area contributed by atoms with Gasteiger partial charge in [0.1, 0.15) is 18.8 Å². The van der Waals surface area contributed by atoms with E-state index in [0.717, 1.165) is 25.1 Å². The third-order valence-electron chi connectivity index (χ3n) is 10.0. The molecule has 2 heterocycles. The van der Waals surface area contributed by atoms with Crippen LogP contribution in [0, 0.1) is 16.6 Å². The maximum Gasteiger partial charge on any atom is 0.394 e. The van der Waals surface area contributed by atoms with E-state index in [-0.39, 0.29) is 45.1 Å². The Hall–Kier alpha value is -5.06. The van der Waals surface area contributed by atoms with Crippen molar-refractivity contribution in [2.24, 2.45) is 21.6 Å². The Morgan fingerprint density at radius 1 is 1.00 bits per heavy atom. The third kappa shape index (κ3) is 7.62. The number of esters is 1. The highest BCUT2D eigenvalue weighted by Crippen LogP contribution is 2.54. The maximum absolute atomic E-state index is 14.9. The summed E-state index contributed by atoms with van der Waals surface area (Å²) in [5, 5.41) is 3.42. The van der Waals surface area contributed by atoms with Gasteiger partial charge in [0, 0.05) is 11.0 Å². The van der Waals surface area contributed by atoms with Gasteiger partial charge in [-0.1, -0.05) is 67.9 Å². The Morgan fingerprint density at radius 2 is 1.69 bits per heavy atom. The zero-order valence-electron chi connectivity index (χ0n) is 29.1. The van der Waals surface area contributed by atoms with Gasteiger partial charge in [-0.2, -0.15) is 31.7 Å². The van der Waals surface area contributed by atoms with E-state index < -0.39 is 84.7 Å². The molecule has 0 radical (unpaired) electrons. The first-order chi connectivity index (χ1) is 25.8. The van der Waals surface area contributed by atoms with E-state index in [1.54, 1.807) is 6.07 Å². The summed E-state index contributed by atoms with van der Waals surface area (Å²) in [6, 6.07) is 13.6. The summed E-state index contributed by atoms with van der Waals surface area (Å²) >= 11 is 6.39. The van der Waals surface area contributed by atoms with E-state index in [1.807, 2.05) is 0 Å². The van der Waals surface area contributed by atoms with Crippen LogP contribution in [0.2, 0.25) is 5.02 Å². The van der Waals surface area contributed by atoms with E-state index in [9.17, 15) is 44.7 Å². The molecule has 292 valence electrons. The highest BCUT2D eigenvalue weighted by atomic mass is 35.5. The number of carbonyl (C=O) groups excluding carboxylic acids is 2. The van der Waals surface area contributed by atoms with E-state index in [0.29, 0.717) is 11.1 Å². The van der Waals surface area contributed by atoms with Crippen LogP contribution in [0.15, 0.2) is 78.0 Å². The quantitative estimate of drug-likeness (QED) is 0.107. The van der Waals surface area contributed by atoms with E-state index >= 15 is 0 Å². The van der Waals surface area contributed by atoms with Crippen LogP contribution in [0.4, 0.5) is 35.1 Å². The summed E-state index contributed by atoms with van der Waals surface area (Å²) in [4.78, 5) is 36.9. The summed E-state index contributed by atoms with van der Waals surface area (Å²) in [6.07, 6.45) is -8.25. The van der Waals surface area contributed by atoms with Gasteiger partial charge >= 0.3 is 18.7 Å². The number of alkyl halides is 7. The largest absolute Gasteiger partial charge is 0.463 e. The number of hydrogen-bond acceptors (Lipinski definition) is 7. The number of nitrogens with two attached hydrogens (primary N) is 1. The molecule has 2 aliphatic rings. The SMILES string of the molecule is CC(C)(C[C@]1(c2ccc(-c3cccc(F)c3)cc2)N=C(N)N([C@H](COC(=O)CC2(C(F)F)CC2)c2ccc(Cl)c(-c3ncnn3C(F)F)c2)C1=O)C(F)(F)F. The average molecular weight is 797 g/mol. The van der Waals surface area contributed by atoms with Crippen molar-refractivity contribution in [2.75, 3.05) is 6.61 Å². The Balaban J connectivity index is 1.45. The molecule has 9 nitrogen and oxygen atoms in total. The van der Waals surface area contributed by atoms with Crippen LogP contribution in [0.25, 0.3) is 22.5 Å². The van der Waals surface area contributed by atoms with Crippen molar-refractivity contribution in [3.8, 4) is 22.5 Å². The number of halogens is 9. The van der Waals surface area contributed by atoms with Gasteiger partial charge in [-0.05, 0) is 65.8 Å². The predicted molar refractivity (Wildman–Crippen MR) is 184 cm³/mol. The summed E-state index contributed by atoms with van der Waals surface area (Å²) < 4.78 is 118. The predicted octanol–water partition coefficient (Wildman–Crippen LogP) is 8.85. The molecule has 18 heteroatoms. The normalized spacial score (nSPS) is 18.9. The number of amides is 1. The van der Waals surface area contributed by atoms with E-state index in [1.165, 1.54) is 60.7 Å². The molecule has 2 atom stereocenters. The van der Waals surface area contributed by atoms with Crippen molar-refractivity contribution in [1.82, 2.24) is 19.7 Å². The topological polar surface area (TPSA) is 116 Å². The number of benzene rings is 3. The van der Waals surface area contributed by atoms with Crippen molar-refractivity contribution >= 4 is 29.4 Å². The summed E-state index contributed by atoms with van der Waals surface area (Å²) in [5.41, 5.74) is 0.796. The molecule has 1 aliphatic heterocycles. The number of rotatable bonds is 13. The molecule has 1 saturated carbocycles. The zero-order valence-corrected chi connectivity index (χ0v) is 29.9. The van der Waals surface area contributed by atoms with Crippen LogP contribution in [-0.2, 0) is 19.9 Å². The van der Waals surface area contributed by atoms with Gasteiger partial charge in [0.05, 0.1) is 22.9 Å². The van der Waals surface area contributed by atoms with Crippen molar-refractivity contribution in [2.45, 2.75) is 70.3 Å². The fourth-order valence-electron chi connectivity index (χ4n) is 6.62. The Bertz CT molecular complexity index is 2120. The number of carbonyl (C=O) groups is 2. The van der Waals surface area contributed by atoms with Gasteiger partial charge < -0.3 is 10.5 Å². The van der Waals surface area contributed by atoms with Crippen LogP contribution in [0.3, 0.4) is 0 Å². The molecule has 2 N–H and O–H groups in total. The number of hydrogen-bond donors (Lipinski definition) is 1. The second-order valence-electron chi connectivity index (χ2n) is 14.2. The summed E-state index contributed by atoms with van der Waals surface area (Å²) in [6.45, 7) is -2.14. The smallest absolute Gasteiger partial charge is 0.394 e. The van der Waals surface area contributed by atoms with Gasteiger partial charge in [-0.25, -0.2) is 23.1 Å². The van der Waals surface area contributed by atoms with Gasteiger partial charge in [-0.3, -0.25) is 14.5 Å². The standard InChI is InChI=1S/C37H33ClF8N6O3/c1-34(2,37(44,45)46)18-36(23-9-6-20(7-10-23)21-4-3-5-24(39)14-21)31(54)51(33(47)50-36)27(17-55-28(53)16-35(12-13-35)30(40)41)22-8-11-26(38)25(15-22)29-48-19-49-52(29)32(42)43/h3-11,14-15,19,27,30,32H,12-13,16-18H2,1-2H3,(H2,47,50)/t27-,36-/m1/s1. The lowest BCUT2D eigenvalue weighted by atomic mass is 9.74.